The summed E-state index contributed by atoms with van der Waals surface area (Å²) in [5.41, 5.74) is 2.86. The molecule has 0 bridgehead atoms. The lowest BCUT2D eigenvalue weighted by Gasteiger charge is -2.24. The highest BCUT2D eigenvalue weighted by molar-refractivity contribution is 9.10. The highest BCUT2D eigenvalue weighted by atomic mass is 79.9. The predicted octanol–water partition coefficient (Wildman–Crippen LogP) is 6.85. The highest BCUT2D eigenvalue weighted by Crippen LogP contribution is 2.36. The van der Waals surface area contributed by atoms with E-state index in [0.717, 1.165) is 11.1 Å². The van der Waals surface area contributed by atoms with Crippen LogP contribution in [0.2, 0.25) is 10.0 Å². The Balaban J connectivity index is 1.57. The molecule has 0 saturated carbocycles. The van der Waals surface area contributed by atoms with E-state index in [9.17, 15) is 9.59 Å². The van der Waals surface area contributed by atoms with E-state index in [4.69, 9.17) is 37.4 Å². The molecule has 7 nitrogen and oxygen atoms in total. The van der Waals surface area contributed by atoms with Crippen LogP contribution in [0.15, 0.2) is 86.2 Å². The number of aromatic nitrogens is 1. The van der Waals surface area contributed by atoms with Crippen molar-refractivity contribution >= 4 is 62.5 Å². The molecule has 4 aromatic rings. The molecule has 0 unspecified atom stereocenters. The molecule has 1 aromatic heterocycles. The van der Waals surface area contributed by atoms with Crippen molar-refractivity contribution in [1.29, 1.82) is 0 Å². The molecule has 11 heteroatoms. The van der Waals surface area contributed by atoms with Gasteiger partial charge in [0, 0.05) is 20.1 Å². The van der Waals surface area contributed by atoms with Gasteiger partial charge in [0.2, 0.25) is 0 Å². The fourth-order valence-electron chi connectivity index (χ4n) is 4.72. The normalized spacial score (nSPS) is 14.7. The van der Waals surface area contributed by atoms with Crippen LogP contribution in [0.4, 0.5) is 0 Å². The Labute approximate surface area is 270 Å². The maximum Gasteiger partial charge on any atom is 0.338 e. The van der Waals surface area contributed by atoms with Crippen LogP contribution in [-0.4, -0.2) is 23.8 Å². The third-order valence-electron chi connectivity index (χ3n) is 6.68. The maximum atomic E-state index is 14.0. The monoisotopic (exact) mass is 700 g/mol. The number of hydrogen-bond donors (Lipinski definition) is 0. The zero-order valence-corrected chi connectivity index (χ0v) is 27.4. The van der Waals surface area contributed by atoms with Crippen molar-refractivity contribution < 1.29 is 19.0 Å². The van der Waals surface area contributed by atoms with Gasteiger partial charge in [-0.3, -0.25) is 9.36 Å². The van der Waals surface area contributed by atoms with E-state index in [1.807, 2.05) is 49.4 Å². The van der Waals surface area contributed by atoms with E-state index in [-0.39, 0.29) is 18.8 Å². The van der Waals surface area contributed by atoms with Crippen LogP contribution in [0.3, 0.4) is 0 Å². The standard InChI is InChI=1S/C32H27BrCl2N2O5S/c1-4-40-25-13-21(23(33)16-26(25)42-17-20-11-12-22(34)15-24(20)35)14-27-30(38)37-29(19-9-7-6-8-10-19)28(31(39)41-5-2)18(3)36-32(37)43-27/h6-16,29H,4-5,17H2,1-3H3/b27-14-/t29-/m0/s1. The largest absolute Gasteiger partial charge is 0.490 e. The summed E-state index contributed by atoms with van der Waals surface area (Å²) in [6, 6.07) is 17.6. The SMILES string of the molecule is CCOC(=O)C1=C(C)N=c2s/c(=C\c3cc(OCC)c(OCc4ccc(Cl)cc4Cl)cc3Br)c(=O)n2[C@H]1c1ccccc1. The first-order valence-electron chi connectivity index (χ1n) is 13.5. The Hall–Kier alpha value is -3.37. The van der Waals surface area contributed by atoms with Gasteiger partial charge in [0.05, 0.1) is 35.1 Å². The van der Waals surface area contributed by atoms with Crippen LogP contribution in [0.25, 0.3) is 6.08 Å². The summed E-state index contributed by atoms with van der Waals surface area (Å²) in [4.78, 5) is 32.2. The molecule has 0 saturated heterocycles. The van der Waals surface area contributed by atoms with Crippen LogP contribution >= 0.6 is 50.5 Å². The van der Waals surface area contributed by atoms with E-state index < -0.39 is 12.0 Å². The van der Waals surface area contributed by atoms with Crippen LogP contribution in [0.5, 0.6) is 11.5 Å². The summed E-state index contributed by atoms with van der Waals surface area (Å²) in [5, 5.41) is 1.05. The fourth-order valence-corrected chi connectivity index (χ4v) is 6.66. The lowest BCUT2D eigenvalue weighted by molar-refractivity contribution is -0.139. The van der Waals surface area contributed by atoms with Crippen molar-refractivity contribution in [3.8, 4) is 11.5 Å². The summed E-state index contributed by atoms with van der Waals surface area (Å²) in [6.45, 7) is 6.23. The Morgan fingerprint density at radius 2 is 1.79 bits per heavy atom. The molecule has 3 aromatic carbocycles. The molecular formula is C32H27BrCl2N2O5S. The molecule has 0 amide bonds. The zero-order valence-electron chi connectivity index (χ0n) is 23.5. The number of halogens is 3. The van der Waals surface area contributed by atoms with Gasteiger partial charge < -0.3 is 14.2 Å². The van der Waals surface area contributed by atoms with Gasteiger partial charge in [0.15, 0.2) is 16.3 Å². The second-order valence-corrected chi connectivity index (χ2v) is 12.2. The molecular weight excluding hydrogens is 675 g/mol. The van der Waals surface area contributed by atoms with Gasteiger partial charge in [-0.1, -0.05) is 86.9 Å². The third-order valence-corrected chi connectivity index (χ3v) is 8.94. The molecule has 0 spiro atoms. The molecule has 0 radical (unpaired) electrons. The summed E-state index contributed by atoms with van der Waals surface area (Å²) in [5.74, 6) is 0.529. The van der Waals surface area contributed by atoms with Crippen LogP contribution < -0.4 is 24.4 Å². The topological polar surface area (TPSA) is 79.1 Å². The van der Waals surface area contributed by atoms with Gasteiger partial charge in [-0.05, 0) is 62.2 Å². The third kappa shape index (κ3) is 6.60. The lowest BCUT2D eigenvalue weighted by atomic mass is 9.96. The molecule has 1 aliphatic heterocycles. The van der Waals surface area contributed by atoms with Gasteiger partial charge in [-0.15, -0.1) is 0 Å². The Morgan fingerprint density at radius 3 is 2.49 bits per heavy atom. The van der Waals surface area contributed by atoms with E-state index in [1.54, 1.807) is 42.7 Å². The van der Waals surface area contributed by atoms with Crippen molar-refractivity contribution in [2.24, 2.45) is 4.99 Å². The Bertz CT molecular complexity index is 1900. The van der Waals surface area contributed by atoms with Crippen LogP contribution in [0.1, 0.15) is 43.5 Å². The van der Waals surface area contributed by atoms with Gasteiger partial charge in [0.1, 0.15) is 6.61 Å². The average molecular weight is 702 g/mol. The smallest absolute Gasteiger partial charge is 0.338 e. The van der Waals surface area contributed by atoms with E-state index in [2.05, 4.69) is 20.9 Å². The zero-order chi connectivity index (χ0) is 30.7. The number of allylic oxidation sites excluding steroid dienone is 1. The second kappa shape index (κ2) is 13.5. The van der Waals surface area contributed by atoms with E-state index >= 15 is 0 Å². The summed E-state index contributed by atoms with van der Waals surface area (Å²) < 4.78 is 20.0. The number of carbonyl (C=O) groups is 1. The molecule has 0 aliphatic carbocycles. The number of ether oxygens (including phenoxy) is 3. The molecule has 5 rings (SSSR count). The van der Waals surface area contributed by atoms with Gasteiger partial charge >= 0.3 is 5.97 Å². The molecule has 1 aliphatic rings. The predicted molar refractivity (Wildman–Crippen MR) is 173 cm³/mol. The number of carbonyl (C=O) groups excluding carboxylic acids is 1. The number of nitrogens with zero attached hydrogens (tertiary/aromatic N) is 2. The summed E-state index contributed by atoms with van der Waals surface area (Å²) in [6.07, 6.45) is 1.78. The first kappa shape index (κ1) is 31.1. The van der Waals surface area contributed by atoms with Gasteiger partial charge in [-0.25, -0.2) is 9.79 Å². The van der Waals surface area contributed by atoms with Crippen molar-refractivity contribution in [3.05, 3.63) is 123 Å². The molecule has 1 atom stereocenters. The van der Waals surface area contributed by atoms with Gasteiger partial charge in [-0.2, -0.15) is 0 Å². The highest BCUT2D eigenvalue weighted by Gasteiger charge is 2.33. The lowest BCUT2D eigenvalue weighted by Crippen LogP contribution is -2.39. The first-order valence-corrected chi connectivity index (χ1v) is 15.9. The molecule has 222 valence electrons. The number of fused-ring (bicyclic) bond motifs is 1. The minimum atomic E-state index is -0.670. The second-order valence-electron chi connectivity index (χ2n) is 9.49. The number of thiazole rings is 1. The molecule has 0 N–H and O–H groups in total. The van der Waals surface area contributed by atoms with E-state index in [0.29, 0.717) is 58.8 Å². The van der Waals surface area contributed by atoms with E-state index in [1.165, 1.54) is 11.3 Å². The number of esters is 1. The quantitative estimate of drug-likeness (QED) is 0.179. The van der Waals surface area contributed by atoms with Crippen molar-refractivity contribution in [2.45, 2.75) is 33.4 Å². The minimum absolute atomic E-state index is 0.210. The Morgan fingerprint density at radius 1 is 1.05 bits per heavy atom. The minimum Gasteiger partial charge on any atom is -0.490 e. The van der Waals surface area contributed by atoms with Crippen molar-refractivity contribution in [1.82, 2.24) is 4.57 Å². The fraction of sp³-hybridized carbons (Fsp3) is 0.219. The molecule has 0 fully saturated rings. The maximum absolute atomic E-state index is 14.0. The van der Waals surface area contributed by atoms with Crippen LogP contribution in [-0.2, 0) is 16.1 Å². The van der Waals surface area contributed by atoms with Crippen LogP contribution in [0, 0.1) is 0 Å². The number of rotatable bonds is 9. The Kier molecular flexibility index (Phi) is 9.76. The molecule has 2 heterocycles. The number of benzene rings is 3. The van der Waals surface area contributed by atoms with Crippen molar-refractivity contribution in [3.63, 3.8) is 0 Å². The summed E-state index contributed by atoms with van der Waals surface area (Å²) >= 11 is 17.2. The summed E-state index contributed by atoms with van der Waals surface area (Å²) in [7, 11) is 0. The van der Waals surface area contributed by atoms with Gasteiger partial charge in [0.25, 0.3) is 5.56 Å². The number of hydrogen-bond acceptors (Lipinski definition) is 7. The van der Waals surface area contributed by atoms with Crippen molar-refractivity contribution in [2.75, 3.05) is 13.2 Å². The first-order chi connectivity index (χ1) is 20.7. The average Bonchev–Trinajstić information content (AvgIpc) is 3.28. The molecule has 43 heavy (non-hydrogen) atoms.